The van der Waals surface area contributed by atoms with Crippen molar-refractivity contribution in [3.05, 3.63) is 41.0 Å². The van der Waals surface area contributed by atoms with E-state index in [2.05, 4.69) is 11.4 Å². The molecule has 0 bridgehead atoms. The van der Waals surface area contributed by atoms with Crippen molar-refractivity contribution in [1.82, 2.24) is 14.4 Å². The lowest BCUT2D eigenvalue weighted by molar-refractivity contribution is -0.132. The van der Waals surface area contributed by atoms with Crippen LogP contribution < -0.4 is 5.32 Å². The molecule has 29 heavy (non-hydrogen) atoms. The number of nitrogens with one attached hydrogen (secondary N) is 1. The first-order chi connectivity index (χ1) is 13.8. The van der Waals surface area contributed by atoms with Gasteiger partial charge in [-0.1, -0.05) is 0 Å². The molecule has 2 rings (SSSR count). The second-order valence-corrected chi connectivity index (χ2v) is 7.00. The molecule has 0 unspecified atom stereocenters. The molecule has 1 N–H and O–H groups in total. The number of hydrogen-bond donors (Lipinski definition) is 1. The zero-order chi connectivity index (χ0) is 21.6. The molecule has 0 fully saturated rings. The molecular formula is C21H29N5O3. The highest BCUT2D eigenvalue weighted by Crippen LogP contribution is 2.27. The standard InChI is InChI=1S/C21H29N5O3/c1-6-25(7-2)20(28)14-24(5)13-19(27)23-21-18(11-22)15(3)16(4)26(21)12-17-9-8-10-29-17/h8-10H,6-7,12-14H2,1-5H3,(H,23,27). The fourth-order valence-electron chi connectivity index (χ4n) is 3.27. The van der Waals surface area contributed by atoms with Gasteiger partial charge < -0.3 is 19.2 Å². The minimum atomic E-state index is -0.283. The van der Waals surface area contributed by atoms with E-state index in [9.17, 15) is 14.9 Å². The van der Waals surface area contributed by atoms with Crippen LogP contribution in [-0.2, 0) is 16.1 Å². The molecule has 0 atom stereocenters. The molecular weight excluding hydrogens is 370 g/mol. The number of hydrogen-bond acceptors (Lipinski definition) is 5. The van der Waals surface area contributed by atoms with Crippen LogP contribution in [0.25, 0.3) is 0 Å². The van der Waals surface area contributed by atoms with Crippen molar-refractivity contribution in [1.29, 1.82) is 5.26 Å². The molecule has 0 aliphatic rings. The first-order valence-electron chi connectivity index (χ1n) is 9.70. The van der Waals surface area contributed by atoms with Crippen LogP contribution in [0.4, 0.5) is 5.82 Å². The summed E-state index contributed by atoms with van der Waals surface area (Å²) in [5.41, 5.74) is 2.14. The predicted octanol–water partition coefficient (Wildman–Crippen LogP) is 2.36. The lowest BCUT2D eigenvalue weighted by Crippen LogP contribution is -2.41. The van der Waals surface area contributed by atoms with E-state index in [1.165, 1.54) is 0 Å². The molecule has 0 saturated carbocycles. The van der Waals surface area contributed by atoms with Crippen molar-refractivity contribution in [3.8, 4) is 6.07 Å². The molecule has 0 aliphatic carbocycles. The Morgan fingerprint density at radius 2 is 1.93 bits per heavy atom. The summed E-state index contributed by atoms with van der Waals surface area (Å²) in [6.07, 6.45) is 1.59. The van der Waals surface area contributed by atoms with Gasteiger partial charge in [0.15, 0.2) is 0 Å². The van der Waals surface area contributed by atoms with Crippen molar-refractivity contribution < 1.29 is 14.0 Å². The second kappa shape index (κ2) is 9.94. The fourth-order valence-corrected chi connectivity index (χ4v) is 3.27. The zero-order valence-electron chi connectivity index (χ0n) is 17.8. The van der Waals surface area contributed by atoms with Crippen LogP contribution in [0.3, 0.4) is 0 Å². The molecule has 0 radical (unpaired) electrons. The maximum Gasteiger partial charge on any atom is 0.239 e. The maximum atomic E-state index is 12.6. The highest BCUT2D eigenvalue weighted by Gasteiger charge is 2.21. The Morgan fingerprint density at radius 1 is 1.24 bits per heavy atom. The smallest absolute Gasteiger partial charge is 0.239 e. The molecule has 2 aromatic heterocycles. The molecule has 156 valence electrons. The second-order valence-electron chi connectivity index (χ2n) is 7.00. The van der Waals surface area contributed by atoms with Crippen molar-refractivity contribution in [2.75, 3.05) is 38.5 Å². The normalized spacial score (nSPS) is 10.8. The number of furan rings is 1. The summed E-state index contributed by atoms with van der Waals surface area (Å²) < 4.78 is 7.29. The summed E-state index contributed by atoms with van der Waals surface area (Å²) in [5, 5.41) is 12.5. The van der Waals surface area contributed by atoms with Crippen LogP contribution in [0.15, 0.2) is 22.8 Å². The summed E-state index contributed by atoms with van der Waals surface area (Å²) in [6, 6.07) is 5.83. The van der Waals surface area contributed by atoms with Gasteiger partial charge in [-0.2, -0.15) is 5.26 Å². The van der Waals surface area contributed by atoms with E-state index < -0.39 is 0 Å². The fraction of sp³-hybridized carbons (Fsp3) is 0.476. The van der Waals surface area contributed by atoms with Crippen molar-refractivity contribution in [2.24, 2.45) is 0 Å². The van der Waals surface area contributed by atoms with E-state index in [-0.39, 0.29) is 24.9 Å². The molecule has 0 saturated heterocycles. The third-order valence-corrected chi connectivity index (χ3v) is 5.03. The summed E-state index contributed by atoms with van der Waals surface area (Å²) in [4.78, 5) is 28.3. The average Bonchev–Trinajstić information content (AvgIpc) is 3.25. The Hall–Kier alpha value is -3.05. The number of likely N-dealkylation sites (N-methyl/N-ethyl adjacent to an activating group) is 2. The van der Waals surface area contributed by atoms with Gasteiger partial charge in [-0.15, -0.1) is 0 Å². The van der Waals surface area contributed by atoms with Gasteiger partial charge in [0.05, 0.1) is 31.5 Å². The lowest BCUT2D eigenvalue weighted by atomic mass is 10.2. The summed E-state index contributed by atoms with van der Waals surface area (Å²) in [5.74, 6) is 0.878. The Kier molecular flexibility index (Phi) is 7.62. The monoisotopic (exact) mass is 399 g/mol. The number of nitriles is 1. The molecule has 8 heteroatoms. The van der Waals surface area contributed by atoms with Crippen molar-refractivity contribution in [2.45, 2.75) is 34.2 Å². The Bertz CT molecular complexity index is 889. The van der Waals surface area contributed by atoms with Crippen LogP contribution >= 0.6 is 0 Å². The molecule has 2 heterocycles. The average molecular weight is 399 g/mol. The number of nitrogens with zero attached hydrogens (tertiary/aromatic N) is 4. The third-order valence-electron chi connectivity index (χ3n) is 5.03. The number of aromatic nitrogens is 1. The number of carbonyl (C=O) groups is 2. The summed E-state index contributed by atoms with van der Waals surface area (Å²) in [7, 11) is 1.73. The van der Waals surface area contributed by atoms with Gasteiger partial charge >= 0.3 is 0 Å². The van der Waals surface area contributed by atoms with Gasteiger partial charge in [0, 0.05) is 18.8 Å². The van der Waals surface area contributed by atoms with Crippen molar-refractivity contribution >= 4 is 17.6 Å². The molecule has 8 nitrogen and oxygen atoms in total. The molecule has 2 amide bonds. The number of anilines is 1. The summed E-state index contributed by atoms with van der Waals surface area (Å²) >= 11 is 0. The Labute approximate surface area is 171 Å². The van der Waals surface area contributed by atoms with Gasteiger partial charge in [0.1, 0.15) is 17.6 Å². The molecule has 0 aromatic carbocycles. The Morgan fingerprint density at radius 3 is 2.48 bits per heavy atom. The van der Waals surface area contributed by atoms with E-state index in [0.29, 0.717) is 31.0 Å². The third kappa shape index (κ3) is 5.27. The highest BCUT2D eigenvalue weighted by molar-refractivity contribution is 5.93. The highest BCUT2D eigenvalue weighted by atomic mass is 16.3. The SMILES string of the molecule is CCN(CC)C(=O)CN(C)CC(=O)Nc1c(C#N)c(C)c(C)n1Cc1ccco1. The van der Waals surface area contributed by atoms with E-state index in [1.807, 2.05) is 38.3 Å². The molecule has 0 spiro atoms. The van der Waals surface area contributed by atoms with Crippen LogP contribution in [0.2, 0.25) is 0 Å². The minimum absolute atomic E-state index is 0.0177. The van der Waals surface area contributed by atoms with Gasteiger partial charge in [0.25, 0.3) is 0 Å². The largest absolute Gasteiger partial charge is 0.467 e. The number of amides is 2. The molecule has 2 aromatic rings. The quantitative estimate of drug-likeness (QED) is 0.698. The minimum Gasteiger partial charge on any atom is -0.467 e. The first kappa shape index (κ1) is 22.2. The first-order valence-corrected chi connectivity index (χ1v) is 9.70. The van der Waals surface area contributed by atoms with Gasteiger partial charge in [-0.3, -0.25) is 14.5 Å². The van der Waals surface area contributed by atoms with Gasteiger partial charge in [-0.05, 0) is 52.4 Å². The Balaban J connectivity index is 2.14. The van der Waals surface area contributed by atoms with Crippen LogP contribution in [-0.4, -0.2) is 59.4 Å². The van der Waals surface area contributed by atoms with Crippen LogP contribution in [0.1, 0.15) is 36.4 Å². The van der Waals surface area contributed by atoms with E-state index in [0.717, 1.165) is 17.0 Å². The van der Waals surface area contributed by atoms with Crippen molar-refractivity contribution in [3.63, 3.8) is 0 Å². The van der Waals surface area contributed by atoms with Crippen LogP contribution in [0.5, 0.6) is 0 Å². The number of rotatable bonds is 9. The van der Waals surface area contributed by atoms with E-state index in [1.54, 1.807) is 29.2 Å². The summed E-state index contributed by atoms with van der Waals surface area (Å²) in [6.45, 7) is 9.51. The lowest BCUT2D eigenvalue weighted by Gasteiger charge is -2.22. The number of carbonyl (C=O) groups excluding carboxylic acids is 2. The van der Waals surface area contributed by atoms with Crippen LogP contribution in [0, 0.1) is 25.2 Å². The van der Waals surface area contributed by atoms with Gasteiger partial charge in [-0.25, -0.2) is 0 Å². The topological polar surface area (TPSA) is 94.5 Å². The molecule has 0 aliphatic heterocycles. The zero-order valence-corrected chi connectivity index (χ0v) is 17.8. The van der Waals surface area contributed by atoms with E-state index in [4.69, 9.17) is 4.42 Å². The maximum absolute atomic E-state index is 12.6. The van der Waals surface area contributed by atoms with E-state index >= 15 is 0 Å². The van der Waals surface area contributed by atoms with Gasteiger partial charge in [0.2, 0.25) is 11.8 Å². The predicted molar refractivity (Wildman–Crippen MR) is 110 cm³/mol.